The van der Waals surface area contributed by atoms with Crippen LogP contribution in [0.1, 0.15) is 15.9 Å². The van der Waals surface area contributed by atoms with Gasteiger partial charge in [-0.15, -0.1) is 0 Å². The van der Waals surface area contributed by atoms with Crippen molar-refractivity contribution >= 4 is 66.7 Å². The van der Waals surface area contributed by atoms with Gasteiger partial charge >= 0.3 is 0 Å². The van der Waals surface area contributed by atoms with Crippen LogP contribution in [0.2, 0.25) is 5.02 Å². The highest BCUT2D eigenvalue weighted by molar-refractivity contribution is 14.1. The van der Waals surface area contributed by atoms with E-state index in [2.05, 4.69) is 38.5 Å². The molecule has 0 aliphatic heterocycles. The van der Waals surface area contributed by atoms with Gasteiger partial charge in [-0.2, -0.15) is 0 Å². The van der Waals surface area contributed by atoms with Crippen molar-refractivity contribution in [3.63, 3.8) is 0 Å². The summed E-state index contributed by atoms with van der Waals surface area (Å²) < 4.78 is 1.82. The molecule has 0 saturated carbocycles. The first kappa shape index (κ1) is 15.0. The summed E-state index contributed by atoms with van der Waals surface area (Å²) in [6, 6.07) is 17.0. The van der Waals surface area contributed by atoms with Crippen LogP contribution in [-0.4, -0.2) is 5.78 Å². The van der Waals surface area contributed by atoms with Gasteiger partial charge in [0.25, 0.3) is 0 Å². The Bertz CT molecular complexity index is 861. The van der Waals surface area contributed by atoms with Gasteiger partial charge in [0.15, 0.2) is 5.78 Å². The number of carbonyl (C=O) groups is 1. The Labute approximate surface area is 149 Å². The monoisotopic (exact) mass is 470 g/mol. The lowest BCUT2D eigenvalue weighted by Gasteiger charge is -2.09. The predicted octanol–water partition coefficient (Wildman–Crippen LogP) is 6.09. The molecule has 0 unspecified atom stereocenters. The molecule has 3 rings (SSSR count). The zero-order chi connectivity index (χ0) is 15.0. The molecule has 0 saturated heterocycles. The van der Waals surface area contributed by atoms with Crippen molar-refractivity contribution in [1.82, 2.24) is 0 Å². The molecular formula is C17H9BrClIO. The average molecular weight is 472 g/mol. The molecule has 0 N–H and O–H groups in total. The van der Waals surface area contributed by atoms with Crippen molar-refractivity contribution in [3.8, 4) is 0 Å². The van der Waals surface area contributed by atoms with E-state index in [0.29, 0.717) is 16.1 Å². The lowest BCUT2D eigenvalue weighted by Crippen LogP contribution is -2.04. The molecule has 1 nitrogen and oxygen atoms in total. The highest BCUT2D eigenvalue weighted by Gasteiger charge is 2.16. The van der Waals surface area contributed by atoms with Gasteiger partial charge < -0.3 is 0 Å². The van der Waals surface area contributed by atoms with Crippen LogP contribution in [-0.2, 0) is 0 Å². The fourth-order valence-corrected chi connectivity index (χ4v) is 3.45. The molecule has 0 heterocycles. The highest BCUT2D eigenvalue weighted by Crippen LogP contribution is 2.29. The summed E-state index contributed by atoms with van der Waals surface area (Å²) in [4.78, 5) is 12.9. The number of rotatable bonds is 2. The largest absolute Gasteiger partial charge is 0.289 e. The average Bonchev–Trinajstić information content (AvgIpc) is 2.50. The van der Waals surface area contributed by atoms with Crippen LogP contribution < -0.4 is 0 Å². The summed E-state index contributed by atoms with van der Waals surface area (Å²) in [5.41, 5.74) is 1.36. The second-order valence-electron chi connectivity index (χ2n) is 4.59. The molecule has 3 aromatic carbocycles. The van der Waals surface area contributed by atoms with E-state index in [1.54, 1.807) is 12.1 Å². The van der Waals surface area contributed by atoms with E-state index in [1.807, 2.05) is 42.5 Å². The zero-order valence-electron chi connectivity index (χ0n) is 10.7. The second kappa shape index (κ2) is 6.07. The summed E-state index contributed by atoms with van der Waals surface area (Å²) in [5, 5.41) is 2.44. The van der Waals surface area contributed by atoms with Gasteiger partial charge in [0.05, 0.1) is 0 Å². The van der Waals surface area contributed by atoms with E-state index in [4.69, 9.17) is 11.6 Å². The van der Waals surface area contributed by atoms with Crippen LogP contribution >= 0.6 is 50.1 Å². The fraction of sp³-hybridized carbons (Fsp3) is 0. The minimum absolute atomic E-state index is 0.00793. The Kier molecular flexibility index (Phi) is 4.33. The predicted molar refractivity (Wildman–Crippen MR) is 99.2 cm³/mol. The zero-order valence-corrected chi connectivity index (χ0v) is 15.2. The fourth-order valence-electron chi connectivity index (χ4n) is 2.28. The topological polar surface area (TPSA) is 17.1 Å². The minimum atomic E-state index is 0.00793. The molecule has 0 fully saturated rings. The first-order valence-electron chi connectivity index (χ1n) is 6.25. The van der Waals surface area contributed by atoms with Gasteiger partial charge in [0.2, 0.25) is 0 Å². The molecule has 0 aromatic heterocycles. The Hall–Kier alpha value is -0.910. The third-order valence-electron chi connectivity index (χ3n) is 3.29. The van der Waals surface area contributed by atoms with Crippen molar-refractivity contribution in [2.45, 2.75) is 0 Å². The Morgan fingerprint density at radius 3 is 2.43 bits per heavy atom. The quantitative estimate of drug-likeness (QED) is 0.327. The highest BCUT2D eigenvalue weighted by atomic mass is 127. The van der Waals surface area contributed by atoms with Gasteiger partial charge in [-0.25, -0.2) is 0 Å². The normalized spacial score (nSPS) is 10.8. The standard InChI is InChI=1S/C17H9BrClIO/c18-10-5-8-16(20)14(9-10)17(21)13-6-7-15(19)12-4-2-1-3-11(12)13/h1-9H. The maximum absolute atomic E-state index is 12.9. The number of hydrogen-bond acceptors (Lipinski definition) is 1. The number of hydrogen-bond donors (Lipinski definition) is 0. The molecule has 4 heteroatoms. The van der Waals surface area contributed by atoms with Crippen molar-refractivity contribution < 1.29 is 4.79 Å². The third-order valence-corrected chi connectivity index (χ3v) is 5.05. The van der Waals surface area contributed by atoms with Crippen LogP contribution in [0.5, 0.6) is 0 Å². The first-order valence-corrected chi connectivity index (χ1v) is 8.50. The summed E-state index contributed by atoms with van der Waals surface area (Å²) in [7, 11) is 0. The van der Waals surface area contributed by atoms with E-state index in [-0.39, 0.29) is 5.78 Å². The van der Waals surface area contributed by atoms with Crippen LogP contribution in [0.15, 0.2) is 59.1 Å². The Morgan fingerprint density at radius 2 is 1.67 bits per heavy atom. The third kappa shape index (κ3) is 2.87. The second-order valence-corrected chi connectivity index (χ2v) is 7.08. The van der Waals surface area contributed by atoms with Gasteiger partial charge in [0, 0.05) is 29.6 Å². The van der Waals surface area contributed by atoms with Crippen molar-refractivity contribution in [1.29, 1.82) is 0 Å². The molecule has 0 aliphatic rings. The van der Waals surface area contributed by atoms with Gasteiger partial charge in [-0.05, 0) is 58.3 Å². The van der Waals surface area contributed by atoms with Gasteiger partial charge in [0.1, 0.15) is 0 Å². The maximum atomic E-state index is 12.9. The first-order chi connectivity index (χ1) is 10.1. The molecule has 104 valence electrons. The summed E-state index contributed by atoms with van der Waals surface area (Å²) in [6.45, 7) is 0. The summed E-state index contributed by atoms with van der Waals surface area (Å²) in [6.07, 6.45) is 0. The van der Waals surface area contributed by atoms with Crippen molar-refractivity contribution in [2.24, 2.45) is 0 Å². The molecule has 0 bridgehead atoms. The Balaban J connectivity index is 2.23. The van der Waals surface area contributed by atoms with E-state index in [9.17, 15) is 4.79 Å². The lowest BCUT2D eigenvalue weighted by molar-refractivity contribution is 0.103. The maximum Gasteiger partial charge on any atom is 0.194 e. The number of fused-ring (bicyclic) bond motifs is 1. The van der Waals surface area contributed by atoms with Crippen LogP contribution in [0, 0.1) is 3.57 Å². The van der Waals surface area contributed by atoms with E-state index < -0.39 is 0 Å². The molecule has 0 radical (unpaired) electrons. The number of benzene rings is 3. The molecular weight excluding hydrogens is 462 g/mol. The molecule has 0 amide bonds. The van der Waals surface area contributed by atoms with Gasteiger partial charge in [-0.3, -0.25) is 4.79 Å². The lowest BCUT2D eigenvalue weighted by atomic mass is 9.97. The van der Waals surface area contributed by atoms with Crippen molar-refractivity contribution in [3.05, 3.63) is 78.8 Å². The Morgan fingerprint density at radius 1 is 0.952 bits per heavy atom. The summed E-state index contributed by atoms with van der Waals surface area (Å²) >= 11 is 11.8. The van der Waals surface area contributed by atoms with Crippen LogP contribution in [0.3, 0.4) is 0 Å². The smallest absolute Gasteiger partial charge is 0.194 e. The summed E-state index contributed by atoms with van der Waals surface area (Å²) in [5.74, 6) is 0.00793. The van der Waals surface area contributed by atoms with Crippen molar-refractivity contribution in [2.75, 3.05) is 0 Å². The molecule has 21 heavy (non-hydrogen) atoms. The molecule has 3 aromatic rings. The van der Waals surface area contributed by atoms with Crippen LogP contribution in [0.25, 0.3) is 10.8 Å². The van der Waals surface area contributed by atoms with E-state index in [0.717, 1.165) is 18.8 Å². The van der Waals surface area contributed by atoms with Gasteiger partial charge in [-0.1, -0.05) is 51.8 Å². The number of ketones is 1. The minimum Gasteiger partial charge on any atom is -0.289 e. The van der Waals surface area contributed by atoms with E-state index in [1.165, 1.54) is 0 Å². The SMILES string of the molecule is O=C(c1cc(Br)ccc1I)c1ccc(Cl)c2ccccc12. The molecule has 0 atom stereocenters. The molecule has 0 spiro atoms. The number of carbonyl (C=O) groups excluding carboxylic acids is 1. The van der Waals surface area contributed by atoms with E-state index >= 15 is 0 Å². The van der Waals surface area contributed by atoms with Crippen LogP contribution in [0.4, 0.5) is 0 Å². The molecule has 0 aliphatic carbocycles. The number of halogens is 3.